The molecule has 1 aliphatic rings. The number of halogens is 3. The second-order valence-electron chi connectivity index (χ2n) is 6.04. The van der Waals surface area contributed by atoms with E-state index < -0.39 is 11.7 Å². The molecule has 23 heavy (non-hydrogen) atoms. The van der Waals surface area contributed by atoms with Crippen LogP contribution in [0.25, 0.3) is 17.2 Å². The van der Waals surface area contributed by atoms with Crippen LogP contribution in [-0.2, 0) is 12.6 Å². The average molecular weight is 316 g/mol. The van der Waals surface area contributed by atoms with Crippen molar-refractivity contribution < 1.29 is 13.2 Å². The van der Waals surface area contributed by atoms with Crippen molar-refractivity contribution in [2.24, 2.45) is 0 Å². The van der Waals surface area contributed by atoms with Crippen molar-refractivity contribution in [1.82, 2.24) is 0 Å². The van der Waals surface area contributed by atoms with Gasteiger partial charge in [0, 0.05) is 0 Å². The third-order valence-corrected chi connectivity index (χ3v) is 4.34. The maximum Gasteiger partial charge on any atom is 0.416 e. The Morgan fingerprint density at radius 1 is 1.00 bits per heavy atom. The Balaban J connectivity index is 1.93. The normalized spacial score (nSPS) is 13.8. The molecule has 0 heterocycles. The molecule has 0 radical (unpaired) electrons. The summed E-state index contributed by atoms with van der Waals surface area (Å²) in [6.45, 7) is 2.18. The fourth-order valence-electron chi connectivity index (χ4n) is 3.09. The molecule has 0 aromatic heterocycles. The van der Waals surface area contributed by atoms with Crippen LogP contribution in [0.1, 0.15) is 42.9 Å². The van der Waals surface area contributed by atoms with Gasteiger partial charge in [0.05, 0.1) is 5.56 Å². The van der Waals surface area contributed by atoms with Crippen LogP contribution >= 0.6 is 0 Å². The van der Waals surface area contributed by atoms with E-state index in [0.29, 0.717) is 0 Å². The van der Waals surface area contributed by atoms with E-state index in [9.17, 15) is 13.2 Å². The molecule has 120 valence electrons. The minimum absolute atomic E-state index is 0.604. The van der Waals surface area contributed by atoms with Gasteiger partial charge in [-0.1, -0.05) is 55.3 Å². The third kappa shape index (κ3) is 3.34. The average Bonchev–Trinajstić information content (AvgIpc) is 2.95. The molecule has 0 spiro atoms. The minimum atomic E-state index is -4.29. The Morgan fingerprint density at radius 2 is 1.74 bits per heavy atom. The van der Waals surface area contributed by atoms with E-state index in [1.807, 2.05) is 12.1 Å². The number of alkyl halides is 3. The van der Waals surface area contributed by atoms with Gasteiger partial charge in [-0.25, -0.2) is 0 Å². The maximum atomic E-state index is 12.7. The van der Waals surface area contributed by atoms with Crippen LogP contribution in [0.15, 0.2) is 48.0 Å². The number of hydrogen-bond acceptors (Lipinski definition) is 0. The molecule has 2 aromatic rings. The first-order valence-electron chi connectivity index (χ1n) is 7.98. The topological polar surface area (TPSA) is 0 Å². The lowest BCUT2D eigenvalue weighted by atomic mass is 9.96. The number of benzene rings is 2. The smallest absolute Gasteiger partial charge is 0.166 e. The zero-order valence-electron chi connectivity index (χ0n) is 13.1. The molecule has 3 rings (SSSR count). The Bertz CT molecular complexity index is 722. The minimum Gasteiger partial charge on any atom is -0.166 e. The molecule has 0 saturated heterocycles. The first-order chi connectivity index (χ1) is 11.0. The Kier molecular flexibility index (Phi) is 4.29. The van der Waals surface area contributed by atoms with Gasteiger partial charge < -0.3 is 0 Å². The summed E-state index contributed by atoms with van der Waals surface area (Å²) in [4.78, 5) is 0. The van der Waals surface area contributed by atoms with Crippen molar-refractivity contribution in [3.63, 3.8) is 0 Å². The van der Waals surface area contributed by atoms with Gasteiger partial charge in [0.25, 0.3) is 0 Å². The summed E-state index contributed by atoms with van der Waals surface area (Å²) < 4.78 is 38.1. The van der Waals surface area contributed by atoms with Gasteiger partial charge in [-0.15, -0.1) is 0 Å². The van der Waals surface area contributed by atoms with E-state index in [1.54, 1.807) is 12.1 Å². The predicted molar refractivity (Wildman–Crippen MR) is 88.1 cm³/mol. The molecule has 0 unspecified atom stereocenters. The van der Waals surface area contributed by atoms with Crippen molar-refractivity contribution >= 4 is 6.08 Å². The summed E-state index contributed by atoms with van der Waals surface area (Å²) >= 11 is 0. The van der Waals surface area contributed by atoms with Gasteiger partial charge in [0.1, 0.15) is 0 Å². The fourth-order valence-corrected chi connectivity index (χ4v) is 3.09. The van der Waals surface area contributed by atoms with Gasteiger partial charge in [-0.05, 0) is 53.6 Å². The lowest BCUT2D eigenvalue weighted by Crippen LogP contribution is -2.04. The molecule has 2 aromatic carbocycles. The van der Waals surface area contributed by atoms with E-state index in [2.05, 4.69) is 19.1 Å². The van der Waals surface area contributed by atoms with Crippen LogP contribution in [-0.4, -0.2) is 0 Å². The van der Waals surface area contributed by atoms with E-state index in [-0.39, 0.29) is 0 Å². The first-order valence-corrected chi connectivity index (χ1v) is 7.98. The third-order valence-electron chi connectivity index (χ3n) is 4.34. The van der Waals surface area contributed by atoms with E-state index in [0.717, 1.165) is 36.1 Å². The van der Waals surface area contributed by atoms with Crippen molar-refractivity contribution in [3.8, 4) is 11.1 Å². The molecule has 0 atom stereocenters. The lowest BCUT2D eigenvalue weighted by Gasteiger charge is -2.10. The summed E-state index contributed by atoms with van der Waals surface area (Å²) in [5, 5.41) is 0. The summed E-state index contributed by atoms with van der Waals surface area (Å²) in [6.07, 6.45) is 2.33. The largest absolute Gasteiger partial charge is 0.416 e. The highest BCUT2D eigenvalue weighted by molar-refractivity contribution is 5.80. The lowest BCUT2D eigenvalue weighted by molar-refractivity contribution is -0.137. The van der Waals surface area contributed by atoms with Gasteiger partial charge in [0.2, 0.25) is 0 Å². The zero-order chi connectivity index (χ0) is 16.4. The van der Waals surface area contributed by atoms with Crippen molar-refractivity contribution in [2.75, 3.05) is 0 Å². The van der Waals surface area contributed by atoms with E-state index >= 15 is 0 Å². The Morgan fingerprint density at radius 3 is 2.39 bits per heavy atom. The Hall–Kier alpha value is -2.03. The molecule has 0 nitrogen and oxygen atoms in total. The molecule has 3 heteroatoms. The molecule has 0 fully saturated rings. The highest BCUT2D eigenvalue weighted by atomic mass is 19.4. The van der Waals surface area contributed by atoms with Gasteiger partial charge in [-0.3, -0.25) is 0 Å². The van der Waals surface area contributed by atoms with Crippen LogP contribution in [0, 0.1) is 0 Å². The monoisotopic (exact) mass is 316 g/mol. The highest BCUT2D eigenvalue weighted by Gasteiger charge is 2.30. The zero-order valence-corrected chi connectivity index (χ0v) is 13.1. The van der Waals surface area contributed by atoms with E-state index in [1.165, 1.54) is 29.5 Å². The summed E-state index contributed by atoms with van der Waals surface area (Å²) in [6, 6.07) is 11.5. The molecular formula is C20H19F3. The predicted octanol–water partition coefficient (Wildman–Crippen LogP) is 6.50. The second kappa shape index (κ2) is 6.23. The van der Waals surface area contributed by atoms with Crippen LogP contribution in [0.5, 0.6) is 0 Å². The fraction of sp³-hybridized carbons (Fsp3) is 0.300. The van der Waals surface area contributed by atoms with Gasteiger partial charge in [-0.2, -0.15) is 13.2 Å². The second-order valence-corrected chi connectivity index (χ2v) is 6.04. The van der Waals surface area contributed by atoms with Gasteiger partial charge in [0.15, 0.2) is 0 Å². The molecule has 0 aliphatic heterocycles. The quantitative estimate of drug-likeness (QED) is 0.604. The standard InChI is InChI=1S/C20H19F3/c1-2-3-5-14-12-16-6-4-7-18(19(16)13-14)15-8-10-17(11-9-15)20(21,22)23/h4,6-11,13H,2-3,5,12H2,1H3. The van der Waals surface area contributed by atoms with Crippen LogP contribution in [0.3, 0.4) is 0 Å². The molecule has 0 saturated carbocycles. The summed E-state index contributed by atoms with van der Waals surface area (Å²) in [5.41, 5.74) is 5.10. The molecule has 0 N–H and O–H groups in total. The maximum absolute atomic E-state index is 12.7. The van der Waals surface area contributed by atoms with Crippen molar-refractivity contribution in [1.29, 1.82) is 0 Å². The highest BCUT2D eigenvalue weighted by Crippen LogP contribution is 2.37. The van der Waals surface area contributed by atoms with Crippen LogP contribution in [0.4, 0.5) is 13.2 Å². The summed E-state index contributed by atoms with van der Waals surface area (Å²) in [7, 11) is 0. The molecule has 0 amide bonds. The van der Waals surface area contributed by atoms with Crippen molar-refractivity contribution in [2.45, 2.75) is 38.8 Å². The number of hydrogen-bond donors (Lipinski definition) is 0. The number of fused-ring (bicyclic) bond motifs is 1. The number of rotatable bonds is 4. The van der Waals surface area contributed by atoms with Crippen LogP contribution in [0.2, 0.25) is 0 Å². The molecule has 0 bridgehead atoms. The number of allylic oxidation sites excluding steroid dienone is 1. The van der Waals surface area contributed by atoms with Crippen LogP contribution < -0.4 is 0 Å². The molecular weight excluding hydrogens is 297 g/mol. The van der Waals surface area contributed by atoms with E-state index in [4.69, 9.17) is 0 Å². The SMILES string of the molecule is CCCCC1=Cc2c(cccc2-c2ccc(C(F)(F)F)cc2)C1. The first kappa shape index (κ1) is 15.9. The van der Waals surface area contributed by atoms with Crippen molar-refractivity contribution in [3.05, 3.63) is 64.7 Å². The Labute approximate surface area is 134 Å². The summed E-state index contributed by atoms with van der Waals surface area (Å²) in [5.74, 6) is 0. The number of unbranched alkanes of at least 4 members (excludes halogenated alkanes) is 1. The molecule has 1 aliphatic carbocycles. The van der Waals surface area contributed by atoms with Gasteiger partial charge >= 0.3 is 6.18 Å².